The van der Waals surface area contributed by atoms with Crippen LogP contribution in [0.2, 0.25) is 5.02 Å². The van der Waals surface area contributed by atoms with Gasteiger partial charge in [-0.25, -0.2) is 0 Å². The number of hydrogen-bond donors (Lipinski definition) is 3. The summed E-state index contributed by atoms with van der Waals surface area (Å²) in [5.41, 5.74) is 1.79. The number of rotatable bonds is 24. The van der Waals surface area contributed by atoms with Crippen LogP contribution in [0, 0.1) is 17.8 Å². The molecule has 2 rings (SSSR count). The first kappa shape index (κ1) is 41.2. The van der Waals surface area contributed by atoms with Gasteiger partial charge in [0.25, 0.3) is 0 Å². The van der Waals surface area contributed by atoms with Crippen molar-refractivity contribution in [3.8, 4) is 12.3 Å². The van der Waals surface area contributed by atoms with Crippen LogP contribution >= 0.6 is 32.2 Å². The first-order chi connectivity index (χ1) is 21.0. The largest absolute Gasteiger partial charge is 0.469 e. The number of nitrogens with zero attached hydrogens (tertiary/aromatic N) is 3. The van der Waals surface area contributed by atoms with E-state index in [0.29, 0.717) is 82.1 Å². The van der Waals surface area contributed by atoms with E-state index in [0.717, 1.165) is 24.0 Å². The molecule has 15 heteroatoms. The fourth-order valence-corrected chi connectivity index (χ4v) is 5.67. The Morgan fingerprint density at radius 2 is 1.86 bits per heavy atom. The number of ether oxygens (including phenoxy) is 5. The third-order valence-corrected chi connectivity index (χ3v) is 8.46. The monoisotopic (exact) mass is 744 g/mol. The second-order valence-corrected chi connectivity index (χ2v) is 11.8. The molecule has 0 amide bonds. The Morgan fingerprint density at radius 1 is 1.20 bits per heavy atom. The van der Waals surface area contributed by atoms with Gasteiger partial charge in [0.1, 0.15) is 6.61 Å². The summed E-state index contributed by atoms with van der Waals surface area (Å²) in [4.78, 5) is 10.9. The van der Waals surface area contributed by atoms with Crippen molar-refractivity contribution in [3.05, 3.63) is 57.0 Å². The molecule has 0 spiro atoms. The van der Waals surface area contributed by atoms with Crippen LogP contribution in [0.1, 0.15) is 18.4 Å². The molecule has 0 saturated carbocycles. The summed E-state index contributed by atoms with van der Waals surface area (Å²) in [7, 11) is 1.53. The van der Waals surface area contributed by atoms with Gasteiger partial charge in [-0.1, -0.05) is 54.4 Å². The summed E-state index contributed by atoms with van der Waals surface area (Å²) in [6.45, 7) is 4.05. The molecule has 1 saturated heterocycles. The molecule has 1 radical (unpaired) electrons. The zero-order chi connectivity index (χ0) is 31.1. The van der Waals surface area contributed by atoms with Crippen LogP contribution in [-0.4, -0.2) is 112 Å². The number of amidine groups is 1. The van der Waals surface area contributed by atoms with Crippen molar-refractivity contribution in [2.75, 3.05) is 77.7 Å². The number of thioether (sulfide) groups is 1. The number of terminal acetylenes is 1. The van der Waals surface area contributed by atoms with E-state index in [1.54, 1.807) is 18.8 Å². The minimum Gasteiger partial charge on any atom is -0.469 e. The van der Waals surface area contributed by atoms with Gasteiger partial charge in [-0.05, 0) is 43.1 Å². The van der Waals surface area contributed by atoms with Crippen molar-refractivity contribution in [3.63, 3.8) is 0 Å². The number of nitrogens with one attached hydrogen (secondary N) is 2. The van der Waals surface area contributed by atoms with E-state index in [4.69, 9.17) is 52.0 Å². The predicted molar refractivity (Wildman–Crippen MR) is 176 cm³/mol. The van der Waals surface area contributed by atoms with Crippen molar-refractivity contribution >= 4 is 44.2 Å². The molecule has 1 aliphatic heterocycles. The average Bonchev–Trinajstić information content (AvgIpc) is 3.45. The van der Waals surface area contributed by atoms with Crippen LogP contribution in [0.4, 0.5) is 0 Å². The molecule has 1 aliphatic rings. The zero-order valence-corrected chi connectivity index (χ0v) is 30.6. The van der Waals surface area contributed by atoms with Crippen molar-refractivity contribution < 1.29 is 61.3 Å². The molecular formula is C29H43ClN5O6PSY-2. The van der Waals surface area contributed by atoms with Crippen LogP contribution < -0.4 is 5.32 Å². The third kappa shape index (κ3) is 16.7. The molecule has 3 atom stereocenters. The van der Waals surface area contributed by atoms with Crippen molar-refractivity contribution in [2.45, 2.75) is 31.7 Å². The molecule has 243 valence electrons. The maximum Gasteiger partial charge on any atom is 0.107 e. The van der Waals surface area contributed by atoms with E-state index >= 15 is 0 Å². The van der Waals surface area contributed by atoms with E-state index in [1.807, 2.05) is 29.2 Å². The van der Waals surface area contributed by atoms with Crippen LogP contribution in [0.3, 0.4) is 0 Å². The Bertz CT molecular complexity index is 1040. The fourth-order valence-electron chi connectivity index (χ4n) is 4.13. The Labute approximate surface area is 298 Å². The second-order valence-electron chi connectivity index (χ2n) is 9.20. The smallest absolute Gasteiger partial charge is 0.107 e. The van der Waals surface area contributed by atoms with Gasteiger partial charge in [0.15, 0.2) is 0 Å². The SMILES string of the molecule is C#CCOCCOCCOCCOCCN(Cc1ccccc1Cl)/C([N-]C)=C(\C=N)C(=[N-])NC1CCC(CSCPO)O1.[Y]. The molecule has 44 heavy (non-hydrogen) atoms. The topological polar surface area (TPSA) is 142 Å². The van der Waals surface area contributed by atoms with Crippen LogP contribution in [0.5, 0.6) is 0 Å². The average molecular weight is 745 g/mol. The summed E-state index contributed by atoms with van der Waals surface area (Å²) in [6, 6.07) is 7.51. The van der Waals surface area contributed by atoms with Gasteiger partial charge in [0.05, 0.1) is 52.0 Å². The molecule has 0 bridgehead atoms. The molecule has 1 heterocycles. The summed E-state index contributed by atoms with van der Waals surface area (Å²) < 4.78 is 27.9. The molecule has 0 aromatic heterocycles. The molecule has 3 N–H and O–H groups in total. The van der Waals surface area contributed by atoms with E-state index in [1.165, 1.54) is 0 Å². The summed E-state index contributed by atoms with van der Waals surface area (Å²) >= 11 is 8.11. The van der Waals surface area contributed by atoms with E-state index in [9.17, 15) is 5.41 Å². The van der Waals surface area contributed by atoms with Crippen molar-refractivity contribution in [2.24, 2.45) is 0 Å². The Balaban J connectivity index is 0.00000968. The third-order valence-electron chi connectivity index (χ3n) is 6.15. The molecule has 1 aromatic carbocycles. The standard InChI is InChI=1S/C29H43ClN5O6PS.Y/c1-3-11-37-13-15-39-17-18-40-16-14-38-12-10-35(20-23-6-4-5-7-26(23)30)29(33-2)25(19-31)28(32)34-27-9-8-24(41-27)21-43-22-42-36;/h1,4-7,19,24,27,31,36,42H,8-18,20-22H2,2H3,(H-,32,34);/q-2;/b29-25+,31-19?;. The van der Waals surface area contributed by atoms with E-state index in [2.05, 4.69) is 16.6 Å². The van der Waals surface area contributed by atoms with Crippen LogP contribution in [0.25, 0.3) is 10.7 Å². The molecule has 0 aliphatic carbocycles. The Kier molecular flexibility index (Phi) is 24.6. The fraction of sp³-hybridized carbons (Fsp3) is 0.586. The van der Waals surface area contributed by atoms with Crippen molar-refractivity contribution in [1.29, 1.82) is 5.41 Å². The maximum atomic E-state index is 11.0. The van der Waals surface area contributed by atoms with Gasteiger partial charge in [0, 0.05) is 70.6 Å². The van der Waals surface area contributed by atoms with Crippen LogP contribution in [0.15, 0.2) is 35.7 Å². The number of halogens is 1. The first-order valence-electron chi connectivity index (χ1n) is 14.0. The zero-order valence-electron chi connectivity index (χ0n) is 25.2. The molecule has 1 aromatic rings. The molecular weight excluding hydrogens is 702 g/mol. The van der Waals surface area contributed by atoms with E-state index in [-0.39, 0.29) is 71.9 Å². The summed E-state index contributed by atoms with van der Waals surface area (Å²) in [5, 5.41) is 27.2. The second kappa shape index (κ2) is 26.3. The van der Waals surface area contributed by atoms with Gasteiger partial charge >= 0.3 is 0 Å². The minimum absolute atomic E-state index is 0. The minimum atomic E-state index is -0.386. The van der Waals surface area contributed by atoms with Gasteiger partial charge in [-0.3, -0.25) is 0 Å². The van der Waals surface area contributed by atoms with Gasteiger partial charge in [0.2, 0.25) is 0 Å². The number of hydrogen-bond acceptors (Lipinski definition) is 9. The van der Waals surface area contributed by atoms with Gasteiger partial charge in [-0.2, -0.15) is 11.8 Å². The maximum absolute atomic E-state index is 11.0. The van der Waals surface area contributed by atoms with Gasteiger partial charge < -0.3 is 54.9 Å². The molecule has 1 fully saturated rings. The van der Waals surface area contributed by atoms with Crippen molar-refractivity contribution in [1.82, 2.24) is 10.2 Å². The number of benzene rings is 1. The molecule has 11 nitrogen and oxygen atoms in total. The van der Waals surface area contributed by atoms with Gasteiger partial charge in [-0.15, -0.1) is 6.42 Å². The quantitative estimate of drug-likeness (QED) is 0.0470. The van der Waals surface area contributed by atoms with Crippen LogP contribution in [-0.2, 0) is 62.9 Å². The van der Waals surface area contributed by atoms with E-state index < -0.39 is 0 Å². The summed E-state index contributed by atoms with van der Waals surface area (Å²) in [5.74, 6) is 3.41. The molecule has 3 unspecified atom stereocenters. The summed E-state index contributed by atoms with van der Waals surface area (Å²) in [6.07, 6.45) is 7.41. The Hall–Kier alpha value is -0.806. The Morgan fingerprint density at radius 3 is 2.48 bits per heavy atom. The normalized spacial score (nSPS) is 16.7. The first-order valence-corrected chi connectivity index (χ1v) is 16.7. The predicted octanol–water partition coefficient (Wildman–Crippen LogP) is 4.04.